The van der Waals surface area contributed by atoms with Crippen molar-refractivity contribution in [1.82, 2.24) is 19.9 Å². The summed E-state index contributed by atoms with van der Waals surface area (Å²) in [5.41, 5.74) is 19.6. The summed E-state index contributed by atoms with van der Waals surface area (Å²) in [6.07, 6.45) is 4.51. The molecule has 4 N–H and O–H groups in total. The second-order valence-electron chi connectivity index (χ2n) is 7.69. The molecular weight excluding hydrogens is 364 g/mol. The minimum absolute atomic E-state index is 0.267. The number of likely N-dealkylation sites (N-methyl/N-ethyl adjacent to an activating group) is 1. The van der Waals surface area contributed by atoms with Crippen LogP contribution in [0.15, 0.2) is 30.6 Å². The lowest BCUT2D eigenvalue weighted by molar-refractivity contribution is 0.294. The quantitative estimate of drug-likeness (QED) is 0.706. The van der Waals surface area contributed by atoms with Crippen molar-refractivity contribution in [1.29, 1.82) is 0 Å². The zero-order valence-electron chi connectivity index (χ0n) is 17.1. The third-order valence-corrected chi connectivity index (χ3v) is 5.41. The Kier molecular flexibility index (Phi) is 5.07. The molecule has 1 aliphatic rings. The smallest absolute Gasteiger partial charge is 0.258 e. The summed E-state index contributed by atoms with van der Waals surface area (Å²) in [5, 5.41) is 0. The molecule has 0 radical (unpaired) electrons. The Balaban J connectivity index is 1.62. The molecule has 1 aromatic carbocycles. The molecule has 7 nitrogen and oxygen atoms in total. The Morgan fingerprint density at radius 2 is 1.90 bits per heavy atom. The lowest BCUT2D eigenvalue weighted by Crippen LogP contribution is -2.27. The summed E-state index contributed by atoms with van der Waals surface area (Å²) in [4.78, 5) is 15.4. The Labute approximate surface area is 170 Å². The largest absolute Gasteiger partial charge is 0.470 e. The molecule has 0 spiro atoms. The van der Waals surface area contributed by atoms with Crippen LogP contribution in [-0.4, -0.2) is 33.4 Å². The van der Waals surface area contributed by atoms with Gasteiger partial charge in [0.15, 0.2) is 5.82 Å². The van der Waals surface area contributed by atoms with E-state index < -0.39 is 0 Å². The Morgan fingerprint density at radius 1 is 1.07 bits per heavy atom. The number of fused-ring (bicyclic) bond motifs is 1. The summed E-state index contributed by atoms with van der Waals surface area (Å²) < 4.78 is 5.89. The van der Waals surface area contributed by atoms with Crippen LogP contribution in [0.1, 0.15) is 27.8 Å². The fourth-order valence-corrected chi connectivity index (χ4v) is 3.72. The SMILES string of the molecule is Cc1cnc(N)cc1COc1nc(-c2cc(C)c3c(c2)CN(C)CC3)cnc1N. The number of rotatable bonds is 4. The lowest BCUT2D eigenvalue weighted by Gasteiger charge is -2.27. The first-order valence-corrected chi connectivity index (χ1v) is 9.68. The van der Waals surface area contributed by atoms with E-state index in [4.69, 9.17) is 16.2 Å². The fraction of sp³-hybridized carbons (Fsp3) is 0.318. The number of ether oxygens (including phenoxy) is 1. The molecular formula is C22H26N6O. The highest BCUT2D eigenvalue weighted by atomic mass is 16.5. The van der Waals surface area contributed by atoms with E-state index >= 15 is 0 Å². The lowest BCUT2D eigenvalue weighted by atomic mass is 9.92. The Hall–Kier alpha value is -3.19. The van der Waals surface area contributed by atoms with Gasteiger partial charge in [0.25, 0.3) is 5.88 Å². The minimum atomic E-state index is 0.267. The first kappa shape index (κ1) is 19.1. The van der Waals surface area contributed by atoms with Gasteiger partial charge >= 0.3 is 0 Å². The molecule has 0 fully saturated rings. The maximum absolute atomic E-state index is 6.02. The number of nitrogens with two attached hydrogens (primary N) is 2. The van der Waals surface area contributed by atoms with Gasteiger partial charge in [-0.15, -0.1) is 0 Å². The Morgan fingerprint density at radius 3 is 2.72 bits per heavy atom. The monoisotopic (exact) mass is 390 g/mol. The van der Waals surface area contributed by atoms with Crippen molar-refractivity contribution >= 4 is 11.6 Å². The van der Waals surface area contributed by atoms with Crippen molar-refractivity contribution in [3.8, 4) is 17.1 Å². The van der Waals surface area contributed by atoms with E-state index in [2.05, 4.69) is 46.0 Å². The topological polar surface area (TPSA) is 103 Å². The van der Waals surface area contributed by atoms with Gasteiger partial charge in [0.1, 0.15) is 12.4 Å². The molecule has 4 rings (SSSR count). The molecule has 150 valence electrons. The van der Waals surface area contributed by atoms with E-state index in [9.17, 15) is 0 Å². The van der Waals surface area contributed by atoms with Crippen molar-refractivity contribution in [3.05, 3.63) is 58.4 Å². The van der Waals surface area contributed by atoms with Gasteiger partial charge in [-0.2, -0.15) is 0 Å². The van der Waals surface area contributed by atoms with Gasteiger partial charge < -0.3 is 21.1 Å². The van der Waals surface area contributed by atoms with Crippen LogP contribution in [-0.2, 0) is 19.6 Å². The summed E-state index contributed by atoms with van der Waals surface area (Å²) in [6.45, 7) is 6.45. The van der Waals surface area contributed by atoms with Crippen molar-refractivity contribution < 1.29 is 4.74 Å². The van der Waals surface area contributed by atoms with E-state index in [0.29, 0.717) is 18.3 Å². The molecule has 3 heterocycles. The summed E-state index contributed by atoms with van der Waals surface area (Å²) in [7, 11) is 2.15. The van der Waals surface area contributed by atoms with E-state index in [1.807, 2.05) is 6.92 Å². The van der Waals surface area contributed by atoms with E-state index in [0.717, 1.165) is 41.9 Å². The molecule has 0 bridgehead atoms. The molecule has 0 aliphatic carbocycles. The molecule has 7 heteroatoms. The number of aromatic nitrogens is 3. The van der Waals surface area contributed by atoms with Crippen LogP contribution in [0.25, 0.3) is 11.3 Å². The maximum Gasteiger partial charge on any atom is 0.258 e. The number of nitrogens with zero attached hydrogens (tertiary/aromatic N) is 4. The molecule has 0 unspecified atom stereocenters. The second kappa shape index (κ2) is 7.67. The van der Waals surface area contributed by atoms with Gasteiger partial charge in [0.2, 0.25) is 0 Å². The second-order valence-corrected chi connectivity index (χ2v) is 7.69. The van der Waals surface area contributed by atoms with Gasteiger partial charge in [0.05, 0.1) is 11.9 Å². The number of aryl methyl sites for hydroxylation is 2. The zero-order valence-corrected chi connectivity index (χ0v) is 17.1. The summed E-state index contributed by atoms with van der Waals surface area (Å²) >= 11 is 0. The number of nitrogen functional groups attached to an aromatic ring is 2. The predicted octanol–water partition coefficient (Wildman–Crippen LogP) is 2.89. The van der Waals surface area contributed by atoms with Crippen LogP contribution in [0.5, 0.6) is 5.88 Å². The first-order valence-electron chi connectivity index (χ1n) is 9.68. The minimum Gasteiger partial charge on any atom is -0.470 e. The molecule has 0 saturated carbocycles. The molecule has 29 heavy (non-hydrogen) atoms. The normalized spacial score (nSPS) is 13.9. The molecule has 0 atom stereocenters. The molecule has 0 saturated heterocycles. The molecule has 2 aromatic heterocycles. The van der Waals surface area contributed by atoms with Crippen molar-refractivity contribution in [2.75, 3.05) is 25.1 Å². The molecule has 0 amide bonds. The van der Waals surface area contributed by atoms with Gasteiger partial charge in [-0.1, -0.05) is 0 Å². The maximum atomic E-state index is 6.02. The first-order chi connectivity index (χ1) is 13.9. The number of pyridine rings is 1. The van der Waals surface area contributed by atoms with Gasteiger partial charge in [-0.05, 0) is 73.3 Å². The highest BCUT2D eigenvalue weighted by molar-refractivity contribution is 5.64. The van der Waals surface area contributed by atoms with Crippen LogP contribution in [0.4, 0.5) is 11.6 Å². The van der Waals surface area contributed by atoms with Crippen LogP contribution in [0.3, 0.4) is 0 Å². The molecule has 3 aromatic rings. The number of hydrogen-bond donors (Lipinski definition) is 2. The zero-order chi connectivity index (χ0) is 20.5. The van der Waals surface area contributed by atoms with Crippen LogP contribution in [0.2, 0.25) is 0 Å². The van der Waals surface area contributed by atoms with E-state index in [-0.39, 0.29) is 5.82 Å². The van der Waals surface area contributed by atoms with Gasteiger partial charge in [0, 0.05) is 24.8 Å². The predicted molar refractivity (Wildman–Crippen MR) is 114 cm³/mol. The van der Waals surface area contributed by atoms with E-state index in [1.54, 1.807) is 18.5 Å². The van der Waals surface area contributed by atoms with Crippen LogP contribution < -0.4 is 16.2 Å². The highest BCUT2D eigenvalue weighted by Gasteiger charge is 2.17. The van der Waals surface area contributed by atoms with Crippen LogP contribution >= 0.6 is 0 Å². The number of hydrogen-bond acceptors (Lipinski definition) is 7. The third-order valence-electron chi connectivity index (χ3n) is 5.41. The standard InChI is InChI=1S/C22H26N6O/c1-13-6-15(7-16-11-28(3)5-4-18(13)16)19-10-26-21(24)22(27-19)29-12-17-8-20(23)25-9-14(17)2/h6-10H,4-5,11-12H2,1-3H3,(H2,23,25)(H2,24,26). The Bertz CT molecular complexity index is 1070. The van der Waals surface area contributed by atoms with Crippen LogP contribution in [0, 0.1) is 13.8 Å². The summed E-state index contributed by atoms with van der Waals surface area (Å²) in [6, 6.07) is 6.17. The number of benzene rings is 1. The molecule has 1 aliphatic heterocycles. The number of anilines is 2. The van der Waals surface area contributed by atoms with Crippen molar-refractivity contribution in [3.63, 3.8) is 0 Å². The summed E-state index contributed by atoms with van der Waals surface area (Å²) in [5.74, 6) is 1.05. The van der Waals surface area contributed by atoms with Crippen molar-refractivity contribution in [2.24, 2.45) is 0 Å². The average Bonchev–Trinajstić information content (AvgIpc) is 2.69. The highest BCUT2D eigenvalue weighted by Crippen LogP contribution is 2.30. The van der Waals surface area contributed by atoms with E-state index in [1.165, 1.54) is 16.7 Å². The van der Waals surface area contributed by atoms with Gasteiger partial charge in [-0.3, -0.25) is 0 Å². The average molecular weight is 390 g/mol. The third kappa shape index (κ3) is 4.00. The fourth-order valence-electron chi connectivity index (χ4n) is 3.72. The van der Waals surface area contributed by atoms with Gasteiger partial charge in [-0.25, -0.2) is 15.0 Å². The van der Waals surface area contributed by atoms with Crippen molar-refractivity contribution in [2.45, 2.75) is 33.4 Å².